The van der Waals surface area contributed by atoms with Crippen LogP contribution in [0.25, 0.3) is 0 Å². The molecule has 0 aromatic heterocycles. The molecular weight excluding hydrogens is 402 g/mol. The average Bonchev–Trinajstić information content (AvgIpc) is 3.00. The molecule has 2 saturated heterocycles. The molecular formula is C22H35N3O4S. The number of aryl methyl sites for hydroxylation is 1. The van der Waals surface area contributed by atoms with E-state index in [0.717, 1.165) is 18.4 Å². The number of sulfonamides is 1. The van der Waals surface area contributed by atoms with Gasteiger partial charge in [0.2, 0.25) is 15.9 Å². The highest BCUT2D eigenvalue weighted by molar-refractivity contribution is 7.89. The van der Waals surface area contributed by atoms with Crippen LogP contribution in [-0.4, -0.2) is 68.6 Å². The third-order valence-electron chi connectivity index (χ3n) is 6.62. The van der Waals surface area contributed by atoms with Crippen LogP contribution in [0.1, 0.15) is 45.1 Å². The van der Waals surface area contributed by atoms with Gasteiger partial charge in [0.1, 0.15) is 0 Å². The summed E-state index contributed by atoms with van der Waals surface area (Å²) < 4.78 is 32.9. The van der Waals surface area contributed by atoms with Crippen molar-refractivity contribution in [1.29, 1.82) is 0 Å². The van der Waals surface area contributed by atoms with Crippen molar-refractivity contribution >= 4 is 15.9 Å². The highest BCUT2D eigenvalue weighted by Crippen LogP contribution is 2.36. The Hall–Kier alpha value is -1.48. The maximum absolute atomic E-state index is 13.2. The minimum atomic E-state index is -3.53. The van der Waals surface area contributed by atoms with Crippen molar-refractivity contribution < 1.29 is 17.9 Å². The van der Waals surface area contributed by atoms with Gasteiger partial charge >= 0.3 is 0 Å². The van der Waals surface area contributed by atoms with Gasteiger partial charge in [0.25, 0.3) is 0 Å². The lowest BCUT2D eigenvalue weighted by molar-refractivity contribution is -0.134. The number of carbonyl (C=O) groups is 1. The van der Waals surface area contributed by atoms with Crippen LogP contribution in [0.2, 0.25) is 0 Å². The van der Waals surface area contributed by atoms with Crippen LogP contribution in [0.3, 0.4) is 0 Å². The minimum absolute atomic E-state index is 0.135. The molecule has 1 aromatic carbocycles. The smallest absolute Gasteiger partial charge is 0.243 e. The van der Waals surface area contributed by atoms with E-state index >= 15 is 0 Å². The molecule has 1 N–H and O–H groups in total. The fraction of sp³-hybridized carbons (Fsp3) is 0.682. The summed E-state index contributed by atoms with van der Waals surface area (Å²) in [5, 5.41) is 3.62. The lowest BCUT2D eigenvalue weighted by Crippen LogP contribution is -2.59. The van der Waals surface area contributed by atoms with Crippen molar-refractivity contribution in [2.75, 3.05) is 33.4 Å². The van der Waals surface area contributed by atoms with Crippen molar-refractivity contribution in [3.05, 3.63) is 29.8 Å². The van der Waals surface area contributed by atoms with Gasteiger partial charge in [-0.05, 0) is 44.2 Å². The number of benzene rings is 1. The van der Waals surface area contributed by atoms with Crippen LogP contribution in [-0.2, 0) is 19.6 Å². The number of amides is 1. The first-order valence-corrected chi connectivity index (χ1v) is 12.3. The minimum Gasteiger partial charge on any atom is -0.385 e. The molecule has 8 heteroatoms. The van der Waals surface area contributed by atoms with E-state index in [1.165, 1.54) is 0 Å². The topological polar surface area (TPSA) is 79.0 Å². The van der Waals surface area contributed by atoms with E-state index in [-0.39, 0.29) is 17.9 Å². The van der Waals surface area contributed by atoms with Crippen LogP contribution in [0.5, 0.6) is 0 Å². The number of piperidine rings is 1. The zero-order valence-electron chi connectivity index (χ0n) is 18.6. The number of nitrogens with zero attached hydrogens (tertiary/aromatic N) is 2. The van der Waals surface area contributed by atoms with E-state index in [0.29, 0.717) is 44.0 Å². The van der Waals surface area contributed by atoms with E-state index in [4.69, 9.17) is 4.74 Å². The Bertz CT molecular complexity index is 832. The van der Waals surface area contributed by atoms with Crippen molar-refractivity contribution in [3.63, 3.8) is 0 Å². The molecule has 3 rings (SSSR count). The Labute approximate surface area is 180 Å². The Balaban J connectivity index is 1.77. The van der Waals surface area contributed by atoms with Gasteiger partial charge in [0, 0.05) is 33.4 Å². The number of ether oxygens (including phenoxy) is 1. The summed E-state index contributed by atoms with van der Waals surface area (Å²) in [4.78, 5) is 15.5. The van der Waals surface area contributed by atoms with Gasteiger partial charge in [-0.1, -0.05) is 38.0 Å². The first kappa shape index (κ1) is 23.2. The number of methoxy groups -OCH3 is 1. The first-order chi connectivity index (χ1) is 14.2. The monoisotopic (exact) mass is 437 g/mol. The van der Waals surface area contributed by atoms with Gasteiger partial charge in [-0.15, -0.1) is 0 Å². The number of hydrogen-bond donors (Lipinski definition) is 1. The number of hydrogen-bond acceptors (Lipinski definition) is 5. The summed E-state index contributed by atoms with van der Waals surface area (Å²) in [5.74, 6) is 0.367. The molecule has 0 saturated carbocycles. The molecule has 30 heavy (non-hydrogen) atoms. The van der Waals surface area contributed by atoms with Crippen LogP contribution in [0.15, 0.2) is 29.2 Å². The highest BCUT2D eigenvalue weighted by Gasteiger charge is 2.53. The largest absolute Gasteiger partial charge is 0.385 e. The molecule has 2 aliphatic heterocycles. The summed E-state index contributed by atoms with van der Waals surface area (Å²) in [6.07, 6.45) is 2.86. The molecule has 1 spiro atoms. The Morgan fingerprint density at radius 3 is 2.43 bits per heavy atom. The number of carbonyl (C=O) groups excluding carboxylic acids is 1. The molecule has 2 atom stereocenters. The molecule has 0 unspecified atom stereocenters. The Kier molecular flexibility index (Phi) is 7.22. The number of rotatable bonds is 8. The van der Waals surface area contributed by atoms with E-state index in [1.807, 2.05) is 24.0 Å². The molecule has 1 amide bonds. The molecule has 2 heterocycles. The molecule has 168 valence electrons. The molecule has 0 bridgehead atoms. The van der Waals surface area contributed by atoms with Crippen LogP contribution in [0, 0.1) is 12.8 Å². The zero-order valence-corrected chi connectivity index (χ0v) is 19.4. The van der Waals surface area contributed by atoms with Gasteiger partial charge in [0.15, 0.2) is 0 Å². The summed E-state index contributed by atoms with van der Waals surface area (Å²) in [7, 11) is -1.87. The van der Waals surface area contributed by atoms with E-state index in [9.17, 15) is 13.2 Å². The maximum atomic E-state index is 13.2. The van der Waals surface area contributed by atoms with E-state index in [2.05, 4.69) is 19.2 Å². The number of nitrogens with one attached hydrogen (secondary N) is 1. The predicted octanol–water partition coefficient (Wildman–Crippen LogP) is 2.36. The quantitative estimate of drug-likeness (QED) is 0.632. The van der Waals surface area contributed by atoms with Gasteiger partial charge in [-0.25, -0.2) is 8.42 Å². The third-order valence-corrected chi connectivity index (χ3v) is 8.54. The summed E-state index contributed by atoms with van der Waals surface area (Å²) >= 11 is 0. The van der Waals surface area contributed by atoms with Crippen molar-refractivity contribution in [2.45, 2.75) is 63.1 Å². The van der Waals surface area contributed by atoms with Crippen LogP contribution >= 0.6 is 0 Å². The second kappa shape index (κ2) is 9.34. The Morgan fingerprint density at radius 2 is 1.87 bits per heavy atom. The maximum Gasteiger partial charge on any atom is 0.243 e. The van der Waals surface area contributed by atoms with Crippen LogP contribution in [0.4, 0.5) is 0 Å². The fourth-order valence-electron chi connectivity index (χ4n) is 4.49. The second-order valence-corrected chi connectivity index (χ2v) is 10.5. The Morgan fingerprint density at radius 1 is 1.23 bits per heavy atom. The van der Waals surface area contributed by atoms with Crippen molar-refractivity contribution in [3.8, 4) is 0 Å². The molecule has 7 nitrogen and oxygen atoms in total. The fourth-order valence-corrected chi connectivity index (χ4v) is 5.93. The second-order valence-electron chi connectivity index (χ2n) is 8.59. The lowest BCUT2D eigenvalue weighted by atomic mass is 9.96. The summed E-state index contributed by atoms with van der Waals surface area (Å²) in [6, 6.07) is 6.77. The van der Waals surface area contributed by atoms with Gasteiger partial charge in [-0.3, -0.25) is 10.1 Å². The third kappa shape index (κ3) is 4.42. The van der Waals surface area contributed by atoms with Gasteiger partial charge in [0.05, 0.1) is 16.6 Å². The summed E-state index contributed by atoms with van der Waals surface area (Å²) in [6.45, 7) is 8.14. The lowest BCUT2D eigenvalue weighted by Gasteiger charge is -2.44. The normalized spacial score (nSPS) is 23.3. The average molecular weight is 438 g/mol. The summed E-state index contributed by atoms with van der Waals surface area (Å²) in [5.41, 5.74) is 0.557. The first-order valence-electron chi connectivity index (χ1n) is 10.9. The predicted molar refractivity (Wildman–Crippen MR) is 116 cm³/mol. The van der Waals surface area contributed by atoms with Gasteiger partial charge in [-0.2, -0.15) is 4.31 Å². The molecule has 1 aromatic rings. The SMILES string of the molecule is CC[C@@H](C)[C@@H]1NC2(CCN(S(=O)(=O)c3ccc(C)cc3)CC2)N(CCCOC)C1=O. The highest BCUT2D eigenvalue weighted by atomic mass is 32.2. The standard InChI is InChI=1S/C22H35N3O4S/c1-5-18(3)20-21(26)25(13-6-16-29-4)22(23-20)11-14-24(15-12-22)30(27,28)19-9-7-17(2)8-10-19/h7-10,18,20,23H,5-6,11-16H2,1-4H3/t18-,20+/m1/s1. The van der Waals surface area contributed by atoms with Crippen LogP contribution < -0.4 is 5.32 Å². The molecule has 2 aliphatic rings. The molecule has 0 radical (unpaired) electrons. The van der Waals surface area contributed by atoms with Crippen molar-refractivity contribution in [1.82, 2.24) is 14.5 Å². The van der Waals surface area contributed by atoms with E-state index in [1.54, 1.807) is 23.5 Å². The van der Waals surface area contributed by atoms with Crippen molar-refractivity contribution in [2.24, 2.45) is 5.92 Å². The molecule has 0 aliphatic carbocycles. The van der Waals surface area contributed by atoms with Gasteiger partial charge < -0.3 is 9.64 Å². The zero-order chi connectivity index (χ0) is 21.9. The molecule has 2 fully saturated rings. The van der Waals surface area contributed by atoms with E-state index < -0.39 is 15.7 Å².